The molecule has 2 rings (SSSR count). The van der Waals surface area contributed by atoms with Gasteiger partial charge in [0, 0.05) is 31.9 Å². The molecule has 1 saturated carbocycles. The number of carbonyl (C=O) groups excluding carboxylic acids is 1. The van der Waals surface area contributed by atoms with Crippen molar-refractivity contribution in [3.05, 3.63) is 30.1 Å². The van der Waals surface area contributed by atoms with Gasteiger partial charge in [-0.3, -0.25) is 9.78 Å². The fourth-order valence-corrected chi connectivity index (χ4v) is 2.91. The maximum Gasteiger partial charge on any atom is 0.225 e. The van der Waals surface area contributed by atoms with Crippen molar-refractivity contribution in [2.45, 2.75) is 32.1 Å². The average molecular weight is 275 g/mol. The first-order valence-corrected chi connectivity index (χ1v) is 7.54. The Hall–Kier alpha value is -1.42. The van der Waals surface area contributed by atoms with Gasteiger partial charge in [-0.1, -0.05) is 0 Å². The standard InChI is InChI=1S/C16H25N3O/c1-19(11-8-13-6-9-18-10-7-13)16(20)15-4-2-14(12-17)3-5-15/h6-7,9-10,14-15H,2-5,8,11-12,17H2,1H3. The summed E-state index contributed by atoms with van der Waals surface area (Å²) < 4.78 is 0. The Balaban J connectivity index is 1.77. The number of carbonyl (C=O) groups is 1. The van der Waals surface area contributed by atoms with Crippen LogP contribution in [0.15, 0.2) is 24.5 Å². The number of nitrogens with zero attached hydrogens (tertiary/aromatic N) is 2. The van der Waals surface area contributed by atoms with Crippen molar-refractivity contribution >= 4 is 5.91 Å². The second-order valence-corrected chi connectivity index (χ2v) is 5.82. The van der Waals surface area contributed by atoms with E-state index in [2.05, 4.69) is 4.98 Å². The largest absolute Gasteiger partial charge is 0.345 e. The topological polar surface area (TPSA) is 59.2 Å². The molecule has 0 atom stereocenters. The fourth-order valence-electron chi connectivity index (χ4n) is 2.91. The highest BCUT2D eigenvalue weighted by atomic mass is 16.2. The van der Waals surface area contributed by atoms with Crippen LogP contribution in [0.2, 0.25) is 0 Å². The molecule has 0 aromatic carbocycles. The Labute approximate surface area is 121 Å². The van der Waals surface area contributed by atoms with Crippen molar-refractivity contribution in [1.82, 2.24) is 9.88 Å². The predicted octanol–water partition coefficient (Wildman–Crippen LogP) is 1.85. The van der Waals surface area contributed by atoms with Gasteiger partial charge in [-0.05, 0) is 62.3 Å². The Bertz CT molecular complexity index is 413. The van der Waals surface area contributed by atoms with Gasteiger partial charge in [0.2, 0.25) is 5.91 Å². The van der Waals surface area contributed by atoms with Gasteiger partial charge in [0.15, 0.2) is 0 Å². The van der Waals surface area contributed by atoms with Crippen LogP contribution in [0.5, 0.6) is 0 Å². The molecular formula is C16H25N3O. The summed E-state index contributed by atoms with van der Waals surface area (Å²) in [6.07, 6.45) is 8.69. The van der Waals surface area contributed by atoms with Gasteiger partial charge in [-0.2, -0.15) is 0 Å². The molecule has 4 nitrogen and oxygen atoms in total. The summed E-state index contributed by atoms with van der Waals surface area (Å²) in [7, 11) is 1.92. The molecule has 1 aromatic heterocycles. The van der Waals surface area contributed by atoms with Crippen molar-refractivity contribution in [1.29, 1.82) is 0 Å². The van der Waals surface area contributed by atoms with Crippen LogP contribution >= 0.6 is 0 Å². The lowest BCUT2D eigenvalue weighted by Crippen LogP contribution is -2.36. The van der Waals surface area contributed by atoms with Crippen LogP contribution in [0, 0.1) is 11.8 Å². The normalized spacial score (nSPS) is 22.5. The summed E-state index contributed by atoms with van der Waals surface area (Å²) in [5, 5.41) is 0. The van der Waals surface area contributed by atoms with Crippen LogP contribution in [0.4, 0.5) is 0 Å². The number of aromatic nitrogens is 1. The van der Waals surface area contributed by atoms with E-state index in [1.54, 1.807) is 12.4 Å². The first-order chi connectivity index (χ1) is 9.70. The summed E-state index contributed by atoms with van der Waals surface area (Å²) in [6, 6.07) is 4.01. The number of rotatable bonds is 5. The lowest BCUT2D eigenvalue weighted by Gasteiger charge is -2.30. The van der Waals surface area contributed by atoms with Crippen molar-refractivity contribution in [3.63, 3.8) is 0 Å². The molecule has 0 radical (unpaired) electrons. The summed E-state index contributed by atoms with van der Waals surface area (Å²) >= 11 is 0. The molecule has 1 aliphatic carbocycles. The molecule has 1 aliphatic rings. The zero-order valence-corrected chi connectivity index (χ0v) is 12.3. The maximum absolute atomic E-state index is 12.4. The molecule has 0 aliphatic heterocycles. The SMILES string of the molecule is CN(CCc1ccncc1)C(=O)C1CCC(CN)CC1. The van der Waals surface area contributed by atoms with Gasteiger partial charge >= 0.3 is 0 Å². The zero-order valence-electron chi connectivity index (χ0n) is 12.3. The second kappa shape index (κ2) is 7.39. The highest BCUT2D eigenvalue weighted by Crippen LogP contribution is 2.29. The minimum absolute atomic E-state index is 0.209. The van der Waals surface area contributed by atoms with E-state index in [1.807, 2.05) is 24.1 Å². The van der Waals surface area contributed by atoms with Crippen LogP contribution < -0.4 is 5.73 Å². The molecular weight excluding hydrogens is 250 g/mol. The van der Waals surface area contributed by atoms with Gasteiger partial charge in [-0.15, -0.1) is 0 Å². The fraction of sp³-hybridized carbons (Fsp3) is 0.625. The smallest absolute Gasteiger partial charge is 0.225 e. The van der Waals surface area contributed by atoms with Crippen molar-refractivity contribution in [2.75, 3.05) is 20.1 Å². The minimum atomic E-state index is 0.209. The second-order valence-electron chi connectivity index (χ2n) is 5.82. The van der Waals surface area contributed by atoms with Crippen LogP contribution in [-0.2, 0) is 11.2 Å². The van der Waals surface area contributed by atoms with E-state index in [1.165, 1.54) is 5.56 Å². The van der Waals surface area contributed by atoms with Gasteiger partial charge in [0.1, 0.15) is 0 Å². The Morgan fingerprint density at radius 3 is 2.55 bits per heavy atom. The number of hydrogen-bond acceptors (Lipinski definition) is 3. The van der Waals surface area contributed by atoms with E-state index < -0.39 is 0 Å². The summed E-state index contributed by atoms with van der Waals surface area (Å²) in [4.78, 5) is 18.3. The molecule has 2 N–H and O–H groups in total. The molecule has 1 fully saturated rings. The van der Waals surface area contributed by atoms with Crippen LogP contribution in [-0.4, -0.2) is 35.9 Å². The molecule has 4 heteroatoms. The minimum Gasteiger partial charge on any atom is -0.345 e. The summed E-state index contributed by atoms with van der Waals surface area (Å²) in [5.74, 6) is 1.14. The zero-order chi connectivity index (χ0) is 14.4. The molecule has 1 amide bonds. The molecule has 0 unspecified atom stereocenters. The monoisotopic (exact) mass is 275 g/mol. The highest BCUT2D eigenvalue weighted by molar-refractivity contribution is 5.78. The molecule has 110 valence electrons. The Morgan fingerprint density at radius 2 is 1.95 bits per heavy atom. The van der Waals surface area contributed by atoms with Gasteiger partial charge < -0.3 is 10.6 Å². The predicted molar refractivity (Wildman–Crippen MR) is 80.1 cm³/mol. The van der Waals surface area contributed by atoms with Gasteiger partial charge in [0.05, 0.1) is 0 Å². The third-order valence-electron chi connectivity index (χ3n) is 4.39. The Morgan fingerprint density at radius 1 is 1.30 bits per heavy atom. The van der Waals surface area contributed by atoms with E-state index in [0.29, 0.717) is 11.8 Å². The molecule has 0 spiro atoms. The third-order valence-corrected chi connectivity index (χ3v) is 4.39. The number of likely N-dealkylation sites (N-methyl/N-ethyl adjacent to an activating group) is 1. The molecule has 0 bridgehead atoms. The third kappa shape index (κ3) is 4.04. The maximum atomic E-state index is 12.4. The Kier molecular flexibility index (Phi) is 5.53. The number of hydrogen-bond donors (Lipinski definition) is 1. The lowest BCUT2D eigenvalue weighted by atomic mass is 9.81. The van der Waals surface area contributed by atoms with Crippen molar-refractivity contribution < 1.29 is 4.79 Å². The van der Waals surface area contributed by atoms with Crippen LogP contribution in [0.25, 0.3) is 0 Å². The quantitative estimate of drug-likeness (QED) is 0.892. The van der Waals surface area contributed by atoms with E-state index in [4.69, 9.17) is 5.73 Å². The van der Waals surface area contributed by atoms with E-state index >= 15 is 0 Å². The lowest BCUT2D eigenvalue weighted by molar-refractivity contribution is -0.135. The first-order valence-electron chi connectivity index (χ1n) is 7.54. The summed E-state index contributed by atoms with van der Waals surface area (Å²) in [5.41, 5.74) is 6.92. The van der Waals surface area contributed by atoms with Gasteiger partial charge in [-0.25, -0.2) is 0 Å². The molecule has 20 heavy (non-hydrogen) atoms. The van der Waals surface area contributed by atoms with E-state index in [-0.39, 0.29) is 5.92 Å². The van der Waals surface area contributed by atoms with Crippen molar-refractivity contribution in [3.8, 4) is 0 Å². The van der Waals surface area contributed by atoms with Gasteiger partial charge in [0.25, 0.3) is 0 Å². The highest BCUT2D eigenvalue weighted by Gasteiger charge is 2.27. The first kappa shape index (κ1) is 15.0. The molecule has 0 saturated heterocycles. The van der Waals surface area contributed by atoms with Crippen molar-refractivity contribution in [2.24, 2.45) is 17.6 Å². The molecule has 1 aromatic rings. The summed E-state index contributed by atoms with van der Waals surface area (Å²) in [6.45, 7) is 1.54. The molecule has 1 heterocycles. The average Bonchev–Trinajstić information content (AvgIpc) is 2.53. The number of nitrogens with two attached hydrogens (primary N) is 1. The van der Waals surface area contributed by atoms with Crippen LogP contribution in [0.3, 0.4) is 0 Å². The number of amides is 1. The van der Waals surface area contributed by atoms with Crippen LogP contribution in [0.1, 0.15) is 31.2 Å². The van der Waals surface area contributed by atoms with E-state index in [0.717, 1.165) is 45.2 Å². The number of pyridine rings is 1. The van der Waals surface area contributed by atoms with E-state index in [9.17, 15) is 4.79 Å².